The third-order valence-electron chi connectivity index (χ3n) is 12.9. The number of sulfonamides is 1. The second-order valence-corrected chi connectivity index (χ2v) is 20.9. The molecule has 2 aliphatic heterocycles. The number of alkyl carbamates (subject to hydrolysis) is 1. The Balaban J connectivity index is 1.27. The highest BCUT2D eigenvalue weighted by atomic mass is 32.2. The van der Waals surface area contributed by atoms with Gasteiger partial charge in [-0.3, -0.25) is 24.1 Å². The fourth-order valence-electron chi connectivity index (χ4n) is 8.75. The van der Waals surface area contributed by atoms with E-state index in [1.54, 1.807) is 55.6 Å². The number of carbonyl (C=O) groups is 4. The zero-order chi connectivity index (χ0) is 48.6. The Morgan fingerprint density at radius 1 is 1.03 bits per heavy atom. The van der Waals surface area contributed by atoms with Crippen LogP contribution in [0.3, 0.4) is 0 Å². The van der Waals surface area contributed by atoms with Crippen molar-refractivity contribution in [1.29, 1.82) is 0 Å². The Morgan fingerprint density at radius 2 is 1.76 bits per heavy atom. The Bertz CT molecular complexity index is 2500. The molecule has 67 heavy (non-hydrogen) atoms. The van der Waals surface area contributed by atoms with Crippen molar-refractivity contribution in [2.75, 3.05) is 13.7 Å². The van der Waals surface area contributed by atoms with Crippen LogP contribution >= 0.6 is 0 Å². The number of benzene rings is 1. The minimum Gasteiger partial charge on any atom is -0.497 e. The molecule has 1 aromatic carbocycles. The van der Waals surface area contributed by atoms with Crippen molar-refractivity contribution in [2.24, 2.45) is 17.8 Å². The average Bonchev–Trinajstić information content (AvgIpc) is 4.19. The van der Waals surface area contributed by atoms with Gasteiger partial charge in [0.1, 0.15) is 35.2 Å². The van der Waals surface area contributed by atoms with Crippen LogP contribution in [0, 0.1) is 17.8 Å². The van der Waals surface area contributed by atoms with Gasteiger partial charge in [-0.1, -0.05) is 32.4 Å². The molecule has 1 saturated heterocycles. The van der Waals surface area contributed by atoms with Crippen molar-refractivity contribution in [2.45, 2.75) is 140 Å². The smallest absolute Gasteiger partial charge is 0.427 e. The van der Waals surface area contributed by atoms with Crippen LogP contribution in [0.4, 0.5) is 18.0 Å². The number of aromatic nitrogens is 2. The minimum absolute atomic E-state index is 0.0562. The van der Waals surface area contributed by atoms with Crippen molar-refractivity contribution in [3.05, 3.63) is 54.7 Å². The second kappa shape index (κ2) is 19.1. The summed E-state index contributed by atoms with van der Waals surface area (Å²) in [6, 6.07) is 7.73. The van der Waals surface area contributed by atoms with Gasteiger partial charge in [0.15, 0.2) is 0 Å². The zero-order valence-corrected chi connectivity index (χ0v) is 39.5. The highest BCUT2D eigenvalue weighted by Crippen LogP contribution is 2.46. The van der Waals surface area contributed by atoms with Crippen LogP contribution in [0.25, 0.3) is 22.2 Å². The number of alkyl halides is 3. The Morgan fingerprint density at radius 3 is 2.40 bits per heavy atom. The van der Waals surface area contributed by atoms with E-state index in [0.717, 1.165) is 0 Å². The SMILES string of the molecule is CC[C@@H]1C[C@@H](C)CC/C=C\[C@@H]2C[C@@]2(C(=O)NS(=O)(=O)C2CC2)NC(=O)[C@@H]2C[C@@H](Oc3nc(-c4ccc(OC(C)C)cn4)cc4cc(OC)ccc34)CN2C(=O)[C@H]1NC(=O)OC(C)(C)C(F)(F)F. The molecular weight excluding hydrogens is 898 g/mol. The first-order chi connectivity index (χ1) is 31.5. The first-order valence-electron chi connectivity index (χ1n) is 22.7. The van der Waals surface area contributed by atoms with Crippen LogP contribution in [-0.4, -0.2) is 108 Å². The van der Waals surface area contributed by atoms with Crippen LogP contribution < -0.4 is 29.6 Å². The molecule has 0 bridgehead atoms. The number of allylic oxidation sites excluding steroid dienone is 1. The maximum Gasteiger partial charge on any atom is 0.427 e. The molecule has 3 aromatic rings. The number of ether oxygens (including phenoxy) is 4. The second-order valence-electron chi connectivity index (χ2n) is 18.9. The van der Waals surface area contributed by atoms with Crippen molar-refractivity contribution >= 4 is 44.6 Å². The van der Waals surface area contributed by atoms with Crippen molar-refractivity contribution < 1.29 is 59.7 Å². The minimum atomic E-state index is -4.94. The summed E-state index contributed by atoms with van der Waals surface area (Å²) < 4.78 is 92.9. The van der Waals surface area contributed by atoms with Gasteiger partial charge in [-0.05, 0) is 120 Å². The molecule has 364 valence electrons. The molecule has 20 heteroatoms. The van der Waals surface area contributed by atoms with E-state index in [1.165, 1.54) is 12.0 Å². The van der Waals surface area contributed by atoms with E-state index in [9.17, 15) is 36.0 Å². The van der Waals surface area contributed by atoms with E-state index >= 15 is 4.79 Å². The van der Waals surface area contributed by atoms with E-state index in [4.69, 9.17) is 23.9 Å². The highest BCUT2D eigenvalue weighted by molar-refractivity contribution is 7.91. The zero-order valence-electron chi connectivity index (χ0n) is 38.6. The third kappa shape index (κ3) is 11.0. The largest absolute Gasteiger partial charge is 0.497 e. The average molecular weight is 957 g/mol. The van der Waals surface area contributed by atoms with E-state index in [-0.39, 0.29) is 37.3 Å². The molecule has 3 N–H and O–H groups in total. The van der Waals surface area contributed by atoms with Crippen LogP contribution in [0.15, 0.2) is 54.7 Å². The van der Waals surface area contributed by atoms with Gasteiger partial charge in [0.25, 0.3) is 5.91 Å². The van der Waals surface area contributed by atoms with Crippen LogP contribution in [0.5, 0.6) is 17.4 Å². The number of amides is 4. The Kier molecular flexibility index (Phi) is 14.1. The van der Waals surface area contributed by atoms with E-state index < -0.39 is 86.4 Å². The van der Waals surface area contributed by atoms with E-state index in [0.29, 0.717) is 86.0 Å². The number of carbonyl (C=O) groups excluding carboxylic acids is 4. The van der Waals surface area contributed by atoms with Crippen LogP contribution in [0.2, 0.25) is 0 Å². The third-order valence-corrected chi connectivity index (χ3v) is 14.7. The van der Waals surface area contributed by atoms with Crippen LogP contribution in [0.1, 0.15) is 92.9 Å². The number of hydrogen-bond acceptors (Lipinski definition) is 12. The maximum atomic E-state index is 15.2. The molecule has 4 aliphatic rings. The van der Waals surface area contributed by atoms with Gasteiger partial charge in [-0.15, -0.1) is 0 Å². The quantitative estimate of drug-likeness (QED) is 0.161. The van der Waals surface area contributed by atoms with Crippen LogP contribution in [-0.2, 0) is 29.1 Å². The fourth-order valence-corrected chi connectivity index (χ4v) is 10.1. The van der Waals surface area contributed by atoms with E-state index in [1.807, 2.05) is 26.8 Å². The number of halogens is 3. The number of nitrogens with zero attached hydrogens (tertiary/aromatic N) is 3. The van der Waals surface area contributed by atoms with Crippen molar-refractivity contribution in [3.63, 3.8) is 0 Å². The number of pyridine rings is 2. The number of nitrogens with one attached hydrogen (secondary N) is 3. The number of rotatable bonds is 12. The Hall–Kier alpha value is -5.66. The summed E-state index contributed by atoms with van der Waals surface area (Å²) in [6.45, 7) is 8.67. The van der Waals surface area contributed by atoms with Gasteiger partial charge >= 0.3 is 12.3 Å². The molecule has 2 aromatic heterocycles. The van der Waals surface area contributed by atoms with Gasteiger partial charge < -0.3 is 34.5 Å². The molecule has 7 atom stereocenters. The van der Waals surface area contributed by atoms with E-state index in [2.05, 4.69) is 20.3 Å². The van der Waals surface area contributed by atoms with Crippen molar-refractivity contribution in [3.8, 4) is 28.8 Å². The summed E-state index contributed by atoms with van der Waals surface area (Å²) in [4.78, 5) is 68.0. The molecule has 3 fully saturated rings. The van der Waals surface area contributed by atoms with Gasteiger partial charge in [-0.25, -0.2) is 18.2 Å². The summed E-state index contributed by atoms with van der Waals surface area (Å²) in [7, 11) is -2.49. The van der Waals surface area contributed by atoms with Gasteiger partial charge in [0.2, 0.25) is 33.3 Å². The number of fused-ring (bicyclic) bond motifs is 3. The molecule has 16 nitrogen and oxygen atoms in total. The Labute approximate surface area is 388 Å². The van der Waals surface area contributed by atoms with Gasteiger partial charge in [-0.2, -0.15) is 13.2 Å². The maximum absolute atomic E-state index is 15.2. The monoisotopic (exact) mass is 956 g/mol. The molecule has 4 heterocycles. The summed E-state index contributed by atoms with van der Waals surface area (Å²) in [6.07, 6.45) is 0.327. The van der Waals surface area contributed by atoms with Crippen molar-refractivity contribution in [1.82, 2.24) is 30.2 Å². The predicted molar refractivity (Wildman–Crippen MR) is 240 cm³/mol. The summed E-state index contributed by atoms with van der Waals surface area (Å²) in [5.74, 6) is -2.50. The molecule has 2 aliphatic carbocycles. The normalized spacial score (nSPS) is 26.6. The lowest BCUT2D eigenvalue weighted by atomic mass is 9.85. The first-order valence-corrected chi connectivity index (χ1v) is 24.3. The van der Waals surface area contributed by atoms with Gasteiger partial charge in [0.05, 0.1) is 42.6 Å². The summed E-state index contributed by atoms with van der Waals surface area (Å²) >= 11 is 0. The standard InChI is InChI=1S/C47H59F3N6O10S/c1-8-28-19-27(4)11-9-10-12-30-23-46(30,43(59)55-67(61,62)34-15-16-34)54-40(57)38-22-33(25-56(38)42(58)39(28)53-44(60)66-45(5,6)47(48,49)50)65-41-35-17-13-31(63-7)20-29(35)21-37(52-41)36-18-14-32(24-51-36)64-26(2)3/h10,12-14,17-18,20-21,24,26-28,30,33-34,38-39H,8-9,11,15-16,19,22-23,25H2,1-7H3,(H,53,60)(H,54,57)(H,55,59)/b12-10-/t27-,28+,30+,33+,38-,39-,46+/m0/s1. The summed E-state index contributed by atoms with van der Waals surface area (Å²) in [5, 5.41) is 5.77. The highest BCUT2D eigenvalue weighted by Gasteiger charge is 2.62. The molecular formula is C47H59F3N6O10S. The lowest BCUT2D eigenvalue weighted by molar-refractivity contribution is -0.244. The molecule has 0 radical (unpaired) electrons. The molecule has 0 spiro atoms. The molecule has 2 saturated carbocycles. The summed E-state index contributed by atoms with van der Waals surface area (Å²) in [5.41, 5.74) is -3.68. The lowest BCUT2D eigenvalue weighted by Crippen LogP contribution is -2.59. The molecule has 0 unspecified atom stereocenters. The number of methoxy groups -OCH3 is 1. The fraction of sp³-hybridized carbons (Fsp3) is 0.574. The van der Waals surface area contributed by atoms with Gasteiger partial charge in [0, 0.05) is 17.7 Å². The first kappa shape index (κ1) is 49.3. The molecule has 7 rings (SSSR count). The molecule has 4 amide bonds. The number of hydrogen-bond donors (Lipinski definition) is 3. The predicted octanol–water partition coefficient (Wildman–Crippen LogP) is 6.76. The topological polar surface area (TPSA) is 204 Å². The lowest BCUT2D eigenvalue weighted by Gasteiger charge is -2.35.